The molecule has 1 aliphatic heterocycles. The Morgan fingerprint density at radius 3 is 2.00 bits per heavy atom. The topological polar surface area (TPSA) is 96.5 Å². The number of anilines is 2. The van der Waals surface area contributed by atoms with E-state index in [-0.39, 0.29) is 0 Å². The Hall–Kier alpha value is -3.06. The molecule has 0 saturated carbocycles. The lowest BCUT2D eigenvalue weighted by atomic mass is 10.1. The molecule has 0 bridgehead atoms. The molecule has 1 saturated heterocycles. The summed E-state index contributed by atoms with van der Waals surface area (Å²) in [6.45, 7) is 0. The van der Waals surface area contributed by atoms with Crippen molar-refractivity contribution in [1.82, 2.24) is 5.32 Å². The summed E-state index contributed by atoms with van der Waals surface area (Å²) in [5, 5.41) is 7.94. The first-order valence-electron chi connectivity index (χ1n) is 6.96. The second-order valence-electron chi connectivity index (χ2n) is 4.98. The average Bonchev–Trinajstić information content (AvgIpc) is 2.89. The molecule has 1 unspecified atom stereocenters. The molecule has 3 rings (SSSR count). The fraction of sp³-hybridized carbons (Fsp3) is 0.0625. The van der Waals surface area contributed by atoms with Gasteiger partial charge >= 0.3 is 12.1 Å². The monoisotopic (exact) mass is 345 g/mol. The number of imide groups is 1. The SMILES string of the molecule is O=C(Nc1ccc(Cl)cc1)Nc1ccc(C2OC(=O)NC2=O)cc1. The van der Waals surface area contributed by atoms with E-state index in [2.05, 4.69) is 16.0 Å². The number of hydrogen-bond donors (Lipinski definition) is 3. The van der Waals surface area contributed by atoms with Gasteiger partial charge in [-0.1, -0.05) is 23.7 Å². The predicted octanol–water partition coefficient (Wildman–Crippen LogP) is 3.29. The van der Waals surface area contributed by atoms with Crippen LogP contribution in [0.4, 0.5) is 21.0 Å². The van der Waals surface area contributed by atoms with Crippen molar-refractivity contribution in [3.63, 3.8) is 0 Å². The zero-order chi connectivity index (χ0) is 17.1. The average molecular weight is 346 g/mol. The van der Waals surface area contributed by atoms with E-state index in [0.29, 0.717) is 22.0 Å². The highest BCUT2D eigenvalue weighted by Gasteiger charge is 2.33. The first-order chi connectivity index (χ1) is 11.5. The van der Waals surface area contributed by atoms with Crippen LogP contribution in [0.5, 0.6) is 0 Å². The third kappa shape index (κ3) is 3.64. The predicted molar refractivity (Wildman–Crippen MR) is 87.9 cm³/mol. The van der Waals surface area contributed by atoms with Gasteiger partial charge in [0.1, 0.15) is 0 Å². The maximum absolute atomic E-state index is 11.9. The minimum Gasteiger partial charge on any atom is -0.431 e. The van der Waals surface area contributed by atoms with E-state index < -0.39 is 24.1 Å². The van der Waals surface area contributed by atoms with E-state index in [1.165, 1.54) is 0 Å². The van der Waals surface area contributed by atoms with Gasteiger partial charge in [-0.05, 0) is 36.4 Å². The molecule has 0 aromatic heterocycles. The first-order valence-corrected chi connectivity index (χ1v) is 7.34. The lowest BCUT2D eigenvalue weighted by molar-refractivity contribution is -0.123. The smallest absolute Gasteiger partial charge is 0.415 e. The van der Waals surface area contributed by atoms with Crippen molar-refractivity contribution >= 4 is 41.0 Å². The summed E-state index contributed by atoms with van der Waals surface area (Å²) in [5.41, 5.74) is 1.64. The van der Waals surface area contributed by atoms with Crippen molar-refractivity contribution in [2.24, 2.45) is 0 Å². The lowest BCUT2D eigenvalue weighted by Gasteiger charge is -2.10. The van der Waals surface area contributed by atoms with E-state index in [9.17, 15) is 14.4 Å². The maximum atomic E-state index is 11.9. The molecule has 24 heavy (non-hydrogen) atoms. The van der Waals surface area contributed by atoms with Crippen LogP contribution >= 0.6 is 11.6 Å². The number of nitrogens with one attached hydrogen (secondary N) is 3. The fourth-order valence-corrected chi connectivity index (χ4v) is 2.27. The molecule has 0 radical (unpaired) electrons. The Kier molecular flexibility index (Phi) is 4.35. The summed E-state index contributed by atoms with van der Waals surface area (Å²) in [4.78, 5) is 34.5. The molecule has 3 N–H and O–H groups in total. The molecule has 1 heterocycles. The van der Waals surface area contributed by atoms with Gasteiger partial charge < -0.3 is 15.4 Å². The number of benzene rings is 2. The lowest BCUT2D eigenvalue weighted by Crippen LogP contribution is -2.20. The molecule has 7 nitrogen and oxygen atoms in total. The highest BCUT2D eigenvalue weighted by Crippen LogP contribution is 2.23. The minimum absolute atomic E-state index is 0.421. The summed E-state index contributed by atoms with van der Waals surface area (Å²) >= 11 is 5.78. The first kappa shape index (κ1) is 15.8. The Bertz CT molecular complexity index is 790. The minimum atomic E-state index is -0.963. The van der Waals surface area contributed by atoms with E-state index in [0.717, 1.165) is 0 Å². The summed E-state index contributed by atoms with van der Waals surface area (Å²) in [7, 11) is 0. The summed E-state index contributed by atoms with van der Waals surface area (Å²) in [5.74, 6) is -0.513. The van der Waals surface area contributed by atoms with Crippen molar-refractivity contribution in [1.29, 1.82) is 0 Å². The van der Waals surface area contributed by atoms with Crippen molar-refractivity contribution in [2.75, 3.05) is 10.6 Å². The fourth-order valence-electron chi connectivity index (χ4n) is 2.14. The molecule has 8 heteroatoms. The molecular weight excluding hydrogens is 334 g/mol. The van der Waals surface area contributed by atoms with Gasteiger partial charge in [0.15, 0.2) is 0 Å². The third-order valence-electron chi connectivity index (χ3n) is 3.26. The normalized spacial score (nSPS) is 16.3. The van der Waals surface area contributed by atoms with Gasteiger partial charge in [-0.25, -0.2) is 9.59 Å². The van der Waals surface area contributed by atoms with E-state index in [1.807, 2.05) is 0 Å². The van der Waals surface area contributed by atoms with Crippen LogP contribution in [-0.2, 0) is 9.53 Å². The number of amides is 4. The van der Waals surface area contributed by atoms with Gasteiger partial charge in [-0.3, -0.25) is 10.1 Å². The van der Waals surface area contributed by atoms with Crippen LogP contribution in [0.25, 0.3) is 0 Å². The van der Waals surface area contributed by atoms with Crippen LogP contribution < -0.4 is 16.0 Å². The zero-order valence-corrected chi connectivity index (χ0v) is 13.0. The quantitative estimate of drug-likeness (QED) is 0.795. The number of ether oxygens (including phenoxy) is 1. The third-order valence-corrected chi connectivity index (χ3v) is 3.51. The van der Waals surface area contributed by atoms with Crippen LogP contribution in [-0.4, -0.2) is 18.0 Å². The van der Waals surface area contributed by atoms with Crippen molar-refractivity contribution < 1.29 is 19.1 Å². The van der Waals surface area contributed by atoms with E-state index >= 15 is 0 Å². The number of alkyl carbamates (subject to hydrolysis) is 1. The number of carbonyl (C=O) groups excluding carboxylic acids is 3. The molecule has 0 aliphatic carbocycles. The zero-order valence-electron chi connectivity index (χ0n) is 12.2. The van der Waals surface area contributed by atoms with Crippen LogP contribution in [0, 0.1) is 0 Å². The maximum Gasteiger partial charge on any atom is 0.415 e. The van der Waals surface area contributed by atoms with Crippen LogP contribution in [0.2, 0.25) is 5.02 Å². The summed E-state index contributed by atoms with van der Waals surface area (Å²) < 4.78 is 4.86. The highest BCUT2D eigenvalue weighted by atomic mass is 35.5. The van der Waals surface area contributed by atoms with Crippen molar-refractivity contribution in [3.05, 3.63) is 59.1 Å². The molecule has 122 valence electrons. The van der Waals surface area contributed by atoms with Gasteiger partial charge in [-0.15, -0.1) is 0 Å². The second kappa shape index (κ2) is 6.59. The highest BCUT2D eigenvalue weighted by molar-refractivity contribution is 6.30. The Labute approximate surface area is 141 Å². The molecular formula is C16H12ClN3O4. The Morgan fingerprint density at radius 2 is 1.50 bits per heavy atom. The van der Waals surface area contributed by atoms with Crippen LogP contribution in [0.3, 0.4) is 0 Å². The summed E-state index contributed by atoms with van der Waals surface area (Å²) in [6, 6.07) is 12.7. The largest absolute Gasteiger partial charge is 0.431 e. The van der Waals surface area contributed by atoms with Crippen LogP contribution in [0.15, 0.2) is 48.5 Å². The Morgan fingerprint density at radius 1 is 0.958 bits per heavy atom. The van der Waals surface area contributed by atoms with Gasteiger partial charge in [0.2, 0.25) is 6.10 Å². The van der Waals surface area contributed by atoms with Gasteiger partial charge in [-0.2, -0.15) is 0 Å². The number of cyclic esters (lactones) is 1. The number of halogens is 1. The molecule has 1 aliphatic rings. The van der Waals surface area contributed by atoms with Crippen molar-refractivity contribution in [2.45, 2.75) is 6.10 Å². The standard InChI is InChI=1S/C16H12ClN3O4/c17-10-3-7-12(8-4-10)19-15(22)18-11-5-1-9(2-6-11)13-14(21)20-16(23)24-13/h1-8,13H,(H2,18,19,22)(H,20,21,23). The molecule has 4 amide bonds. The van der Waals surface area contributed by atoms with Gasteiger partial charge in [0, 0.05) is 22.0 Å². The number of hydrogen-bond acceptors (Lipinski definition) is 4. The number of rotatable bonds is 3. The van der Waals surface area contributed by atoms with Gasteiger partial charge in [0.05, 0.1) is 0 Å². The number of carbonyl (C=O) groups is 3. The molecule has 1 fully saturated rings. The number of urea groups is 1. The van der Waals surface area contributed by atoms with E-state index in [1.54, 1.807) is 48.5 Å². The van der Waals surface area contributed by atoms with Crippen molar-refractivity contribution in [3.8, 4) is 0 Å². The second-order valence-corrected chi connectivity index (χ2v) is 5.42. The molecule has 2 aromatic rings. The van der Waals surface area contributed by atoms with Gasteiger partial charge in [0.25, 0.3) is 5.91 Å². The van der Waals surface area contributed by atoms with Crippen LogP contribution in [0.1, 0.15) is 11.7 Å². The Balaban J connectivity index is 1.61. The van der Waals surface area contributed by atoms with E-state index in [4.69, 9.17) is 16.3 Å². The molecule has 2 aromatic carbocycles. The molecule has 1 atom stereocenters. The summed E-state index contributed by atoms with van der Waals surface area (Å²) in [6.07, 6.45) is -1.73. The molecule has 0 spiro atoms.